The molecule has 0 radical (unpaired) electrons. The molecule has 20 heavy (non-hydrogen) atoms. The van der Waals surface area contributed by atoms with E-state index in [9.17, 15) is 0 Å². The third-order valence-electron chi connectivity index (χ3n) is 3.44. The molecule has 0 atom stereocenters. The molecule has 3 aromatic rings. The lowest BCUT2D eigenvalue weighted by molar-refractivity contribution is 0.415. The van der Waals surface area contributed by atoms with Crippen molar-refractivity contribution in [2.24, 2.45) is 7.05 Å². The summed E-state index contributed by atoms with van der Waals surface area (Å²) in [5, 5.41) is 0. The van der Waals surface area contributed by atoms with Gasteiger partial charge in [-0.2, -0.15) is 0 Å². The maximum Gasteiger partial charge on any atom is 0.140 e. The van der Waals surface area contributed by atoms with Gasteiger partial charge in [-0.15, -0.1) is 0 Å². The Balaban J connectivity index is 2.12. The Bertz CT molecular complexity index is 745. The summed E-state index contributed by atoms with van der Waals surface area (Å²) >= 11 is 0. The molecule has 0 bridgehead atoms. The lowest BCUT2D eigenvalue weighted by Crippen LogP contribution is -1.92. The van der Waals surface area contributed by atoms with Crippen molar-refractivity contribution in [3.63, 3.8) is 0 Å². The van der Waals surface area contributed by atoms with Crippen molar-refractivity contribution in [1.29, 1.82) is 0 Å². The van der Waals surface area contributed by atoms with Crippen LogP contribution in [0.2, 0.25) is 0 Å². The van der Waals surface area contributed by atoms with Crippen molar-refractivity contribution in [2.45, 2.75) is 0 Å². The van der Waals surface area contributed by atoms with Crippen LogP contribution in [0, 0.1) is 0 Å². The van der Waals surface area contributed by atoms with E-state index in [1.807, 2.05) is 49.5 Å². The molecule has 0 unspecified atom stereocenters. The second kappa shape index (κ2) is 4.89. The van der Waals surface area contributed by atoms with Crippen LogP contribution in [0.1, 0.15) is 0 Å². The molecule has 0 amide bonds. The van der Waals surface area contributed by atoms with Gasteiger partial charge in [0.25, 0.3) is 0 Å². The maximum absolute atomic E-state index is 5.24. The highest BCUT2D eigenvalue weighted by molar-refractivity contribution is 5.81. The number of aryl methyl sites for hydroxylation is 1. The van der Waals surface area contributed by atoms with E-state index >= 15 is 0 Å². The van der Waals surface area contributed by atoms with Gasteiger partial charge in [-0.3, -0.25) is 0 Å². The van der Waals surface area contributed by atoms with Crippen molar-refractivity contribution in [3.05, 3.63) is 42.5 Å². The molecule has 1 aromatic heterocycles. The number of fused-ring (bicyclic) bond motifs is 1. The largest absolute Gasteiger partial charge is 0.497 e. The quantitative estimate of drug-likeness (QED) is 0.731. The molecule has 2 aromatic carbocycles. The lowest BCUT2D eigenvalue weighted by atomic mass is 10.2. The molecule has 4 heteroatoms. The number of imidazole rings is 1. The van der Waals surface area contributed by atoms with Crippen LogP contribution < -0.4 is 9.47 Å². The number of methoxy groups -OCH3 is 2. The van der Waals surface area contributed by atoms with E-state index in [-0.39, 0.29) is 0 Å². The van der Waals surface area contributed by atoms with Gasteiger partial charge in [0.05, 0.1) is 25.3 Å². The summed E-state index contributed by atoms with van der Waals surface area (Å²) in [6, 6.07) is 13.8. The van der Waals surface area contributed by atoms with E-state index in [4.69, 9.17) is 9.47 Å². The zero-order valence-electron chi connectivity index (χ0n) is 11.8. The van der Waals surface area contributed by atoms with Crippen LogP contribution in [-0.4, -0.2) is 23.8 Å². The number of rotatable bonds is 3. The van der Waals surface area contributed by atoms with E-state index in [2.05, 4.69) is 9.55 Å². The minimum atomic E-state index is 0.817. The van der Waals surface area contributed by atoms with Gasteiger partial charge >= 0.3 is 0 Å². The van der Waals surface area contributed by atoms with Gasteiger partial charge in [0, 0.05) is 18.7 Å². The van der Waals surface area contributed by atoms with Crippen LogP contribution >= 0.6 is 0 Å². The topological polar surface area (TPSA) is 36.3 Å². The molecule has 4 nitrogen and oxygen atoms in total. The zero-order valence-corrected chi connectivity index (χ0v) is 11.8. The Morgan fingerprint density at radius 1 is 0.900 bits per heavy atom. The summed E-state index contributed by atoms with van der Waals surface area (Å²) < 4.78 is 12.5. The van der Waals surface area contributed by atoms with E-state index < -0.39 is 0 Å². The van der Waals surface area contributed by atoms with Gasteiger partial charge < -0.3 is 14.0 Å². The molecule has 0 aliphatic heterocycles. The SMILES string of the molecule is COc1ccc(-c2nc3cc(OC)ccc3n2C)cc1. The summed E-state index contributed by atoms with van der Waals surface area (Å²) in [6.45, 7) is 0. The van der Waals surface area contributed by atoms with E-state index in [1.165, 1.54) is 0 Å². The van der Waals surface area contributed by atoms with Crippen LogP contribution in [-0.2, 0) is 7.05 Å². The molecule has 0 N–H and O–H groups in total. The highest BCUT2D eigenvalue weighted by Gasteiger charge is 2.10. The van der Waals surface area contributed by atoms with Gasteiger partial charge in [0.15, 0.2) is 0 Å². The van der Waals surface area contributed by atoms with E-state index in [1.54, 1.807) is 14.2 Å². The summed E-state index contributed by atoms with van der Waals surface area (Å²) in [5.41, 5.74) is 3.07. The van der Waals surface area contributed by atoms with Gasteiger partial charge in [-0.05, 0) is 36.4 Å². The second-order valence-corrected chi connectivity index (χ2v) is 4.58. The molecule has 102 valence electrons. The van der Waals surface area contributed by atoms with Crippen LogP contribution in [0.3, 0.4) is 0 Å². The van der Waals surface area contributed by atoms with Crippen LogP contribution in [0.4, 0.5) is 0 Å². The Kier molecular flexibility index (Phi) is 3.06. The highest BCUT2D eigenvalue weighted by atomic mass is 16.5. The standard InChI is InChI=1S/C16H16N2O2/c1-18-15-9-8-13(20-3)10-14(15)17-16(18)11-4-6-12(19-2)7-5-11/h4-10H,1-3H3. The highest BCUT2D eigenvalue weighted by Crippen LogP contribution is 2.27. The number of aromatic nitrogens is 2. The fourth-order valence-corrected chi connectivity index (χ4v) is 2.30. The van der Waals surface area contributed by atoms with Crippen LogP contribution in [0.5, 0.6) is 11.5 Å². The molecular formula is C16H16N2O2. The molecule has 0 aliphatic rings. The fourth-order valence-electron chi connectivity index (χ4n) is 2.30. The molecule has 0 saturated heterocycles. The minimum absolute atomic E-state index is 0.817. The number of nitrogens with zero attached hydrogens (tertiary/aromatic N) is 2. The molecule has 0 spiro atoms. The third-order valence-corrected chi connectivity index (χ3v) is 3.44. The maximum atomic E-state index is 5.24. The van der Waals surface area contributed by atoms with Crippen LogP contribution in [0.15, 0.2) is 42.5 Å². The molecular weight excluding hydrogens is 252 g/mol. The van der Waals surface area contributed by atoms with Crippen molar-refractivity contribution in [1.82, 2.24) is 9.55 Å². The minimum Gasteiger partial charge on any atom is -0.497 e. The number of hydrogen-bond acceptors (Lipinski definition) is 3. The molecule has 0 aliphatic carbocycles. The zero-order chi connectivity index (χ0) is 14.1. The van der Waals surface area contributed by atoms with Gasteiger partial charge in [0.1, 0.15) is 17.3 Å². The Morgan fingerprint density at radius 3 is 2.20 bits per heavy atom. The monoisotopic (exact) mass is 268 g/mol. The molecule has 1 heterocycles. The average molecular weight is 268 g/mol. The molecule has 0 saturated carbocycles. The van der Waals surface area contributed by atoms with Crippen molar-refractivity contribution < 1.29 is 9.47 Å². The van der Waals surface area contributed by atoms with Crippen molar-refractivity contribution in [3.8, 4) is 22.9 Å². The Hall–Kier alpha value is -2.49. The van der Waals surface area contributed by atoms with Gasteiger partial charge in [-0.25, -0.2) is 4.98 Å². The predicted octanol–water partition coefficient (Wildman–Crippen LogP) is 3.26. The Labute approximate surface area is 117 Å². The predicted molar refractivity (Wildman–Crippen MR) is 79.3 cm³/mol. The molecule has 0 fully saturated rings. The summed E-state index contributed by atoms with van der Waals surface area (Å²) in [4.78, 5) is 4.69. The third kappa shape index (κ3) is 1.99. The smallest absolute Gasteiger partial charge is 0.140 e. The first-order chi connectivity index (χ1) is 9.72. The number of benzene rings is 2. The van der Waals surface area contributed by atoms with Gasteiger partial charge in [0.2, 0.25) is 0 Å². The van der Waals surface area contributed by atoms with Crippen molar-refractivity contribution in [2.75, 3.05) is 14.2 Å². The summed E-state index contributed by atoms with van der Waals surface area (Å²) in [6.07, 6.45) is 0. The number of ether oxygens (including phenoxy) is 2. The van der Waals surface area contributed by atoms with Crippen molar-refractivity contribution >= 4 is 11.0 Å². The first-order valence-electron chi connectivity index (χ1n) is 6.38. The fraction of sp³-hybridized carbons (Fsp3) is 0.188. The lowest BCUT2D eigenvalue weighted by Gasteiger charge is -2.04. The van der Waals surface area contributed by atoms with E-state index in [0.29, 0.717) is 0 Å². The summed E-state index contributed by atoms with van der Waals surface area (Å²) in [5.74, 6) is 2.59. The second-order valence-electron chi connectivity index (χ2n) is 4.58. The average Bonchev–Trinajstić information content (AvgIpc) is 2.84. The summed E-state index contributed by atoms with van der Waals surface area (Å²) in [7, 11) is 5.34. The molecule has 3 rings (SSSR count). The normalized spacial score (nSPS) is 10.8. The first-order valence-corrected chi connectivity index (χ1v) is 6.38. The number of hydrogen-bond donors (Lipinski definition) is 0. The van der Waals surface area contributed by atoms with Gasteiger partial charge in [-0.1, -0.05) is 0 Å². The first kappa shape index (κ1) is 12.5. The Morgan fingerprint density at radius 2 is 1.55 bits per heavy atom. The van der Waals surface area contributed by atoms with E-state index in [0.717, 1.165) is 33.9 Å². The van der Waals surface area contributed by atoms with Crippen LogP contribution in [0.25, 0.3) is 22.4 Å².